The molecule has 0 radical (unpaired) electrons. The van der Waals surface area contributed by atoms with Crippen molar-refractivity contribution in [2.75, 3.05) is 0 Å². The average Bonchev–Trinajstić information content (AvgIpc) is 2.87. The van der Waals surface area contributed by atoms with E-state index in [2.05, 4.69) is 13.8 Å². The SMILES string of the molecule is CCCCCCCCC(CCCCCCC)N1C(=O)CCC1=O. The van der Waals surface area contributed by atoms with Crippen molar-refractivity contribution in [3.8, 4) is 0 Å². The molecule has 1 aliphatic rings. The van der Waals surface area contributed by atoms with Crippen molar-refractivity contribution >= 4 is 11.8 Å². The van der Waals surface area contributed by atoms with Crippen LogP contribution in [-0.2, 0) is 9.59 Å². The van der Waals surface area contributed by atoms with Crippen molar-refractivity contribution in [2.45, 2.75) is 116 Å². The Hall–Kier alpha value is -0.860. The number of amides is 2. The van der Waals surface area contributed by atoms with Crippen molar-refractivity contribution in [1.82, 2.24) is 4.90 Å². The summed E-state index contributed by atoms with van der Waals surface area (Å²) in [5.41, 5.74) is 0. The summed E-state index contributed by atoms with van der Waals surface area (Å²) in [7, 11) is 0. The highest BCUT2D eigenvalue weighted by Gasteiger charge is 2.34. The van der Waals surface area contributed by atoms with Crippen LogP contribution >= 0.6 is 0 Å². The maximum Gasteiger partial charge on any atom is 0.229 e. The number of nitrogens with zero attached hydrogens (tertiary/aromatic N) is 1. The topological polar surface area (TPSA) is 37.4 Å². The molecule has 1 atom stereocenters. The Morgan fingerprint density at radius 2 is 1.09 bits per heavy atom. The zero-order valence-corrected chi connectivity index (χ0v) is 15.4. The lowest BCUT2D eigenvalue weighted by Gasteiger charge is -2.26. The van der Waals surface area contributed by atoms with Crippen LogP contribution in [0.3, 0.4) is 0 Å². The standard InChI is InChI=1S/C20H37NO2/c1-3-5-7-9-11-13-15-18(14-12-10-8-6-4-2)21-19(22)16-17-20(21)23/h18H,3-17H2,1-2H3. The van der Waals surface area contributed by atoms with Gasteiger partial charge >= 0.3 is 0 Å². The van der Waals surface area contributed by atoms with Gasteiger partial charge < -0.3 is 0 Å². The summed E-state index contributed by atoms with van der Waals surface area (Å²) in [6.07, 6.45) is 16.7. The molecule has 0 spiro atoms. The van der Waals surface area contributed by atoms with Gasteiger partial charge in [-0.25, -0.2) is 0 Å². The first-order valence-electron chi connectivity index (χ1n) is 10.1. The molecule has 1 heterocycles. The average molecular weight is 324 g/mol. The van der Waals surface area contributed by atoms with Gasteiger partial charge in [0.25, 0.3) is 0 Å². The van der Waals surface area contributed by atoms with Crippen molar-refractivity contribution in [3.05, 3.63) is 0 Å². The smallest absolute Gasteiger partial charge is 0.229 e. The fourth-order valence-corrected chi connectivity index (χ4v) is 3.55. The molecule has 0 N–H and O–H groups in total. The molecular formula is C20H37NO2. The molecule has 1 fully saturated rings. The molecule has 1 aliphatic heterocycles. The number of hydrogen-bond donors (Lipinski definition) is 0. The molecule has 0 aromatic rings. The monoisotopic (exact) mass is 323 g/mol. The first kappa shape index (κ1) is 20.2. The third-order valence-electron chi connectivity index (χ3n) is 4.99. The Bertz CT molecular complexity index is 325. The lowest BCUT2D eigenvalue weighted by molar-refractivity contribution is -0.141. The summed E-state index contributed by atoms with van der Waals surface area (Å²) < 4.78 is 0. The van der Waals surface area contributed by atoms with E-state index >= 15 is 0 Å². The predicted molar refractivity (Wildman–Crippen MR) is 96.2 cm³/mol. The van der Waals surface area contributed by atoms with E-state index in [0.717, 1.165) is 25.7 Å². The lowest BCUT2D eigenvalue weighted by Crippen LogP contribution is -2.39. The van der Waals surface area contributed by atoms with Crippen LogP contribution < -0.4 is 0 Å². The molecular weight excluding hydrogens is 286 g/mol. The van der Waals surface area contributed by atoms with Crippen molar-refractivity contribution in [1.29, 1.82) is 0 Å². The summed E-state index contributed by atoms with van der Waals surface area (Å²) in [6.45, 7) is 4.46. The van der Waals surface area contributed by atoms with E-state index in [1.54, 1.807) is 4.90 Å². The molecule has 3 nitrogen and oxygen atoms in total. The van der Waals surface area contributed by atoms with Gasteiger partial charge in [0.15, 0.2) is 0 Å². The molecule has 3 heteroatoms. The maximum absolute atomic E-state index is 12.0. The summed E-state index contributed by atoms with van der Waals surface area (Å²) in [5, 5.41) is 0. The fraction of sp³-hybridized carbons (Fsp3) is 0.900. The third-order valence-corrected chi connectivity index (χ3v) is 4.99. The molecule has 1 saturated heterocycles. The molecule has 134 valence electrons. The molecule has 0 aliphatic carbocycles. The van der Waals surface area contributed by atoms with Crippen molar-refractivity contribution < 1.29 is 9.59 Å². The Morgan fingerprint density at radius 3 is 1.52 bits per heavy atom. The second kappa shape index (κ2) is 12.5. The first-order valence-corrected chi connectivity index (χ1v) is 10.1. The van der Waals surface area contributed by atoms with E-state index in [-0.39, 0.29) is 17.9 Å². The predicted octanol–water partition coefficient (Wildman–Crippen LogP) is 5.62. The Morgan fingerprint density at radius 1 is 0.696 bits per heavy atom. The van der Waals surface area contributed by atoms with Crippen LogP contribution in [0.1, 0.15) is 110 Å². The number of carbonyl (C=O) groups excluding carboxylic acids is 2. The molecule has 0 aromatic heterocycles. The number of imide groups is 1. The Kier molecular flexibility index (Phi) is 11.0. The van der Waals surface area contributed by atoms with E-state index in [0.29, 0.717) is 12.8 Å². The minimum atomic E-state index is 0.0690. The highest BCUT2D eigenvalue weighted by molar-refractivity contribution is 6.02. The summed E-state index contributed by atoms with van der Waals surface area (Å²) in [6, 6.07) is 0.172. The number of carbonyl (C=O) groups is 2. The van der Waals surface area contributed by atoms with Gasteiger partial charge in [0.1, 0.15) is 0 Å². The highest BCUT2D eigenvalue weighted by atomic mass is 16.2. The Labute approximate surface area is 143 Å². The van der Waals surface area contributed by atoms with Gasteiger partial charge in [0, 0.05) is 18.9 Å². The number of rotatable bonds is 14. The van der Waals surface area contributed by atoms with Gasteiger partial charge in [-0.2, -0.15) is 0 Å². The quantitative estimate of drug-likeness (QED) is 0.307. The van der Waals surface area contributed by atoms with E-state index in [1.807, 2.05) is 0 Å². The van der Waals surface area contributed by atoms with Gasteiger partial charge in [-0.1, -0.05) is 84.5 Å². The van der Waals surface area contributed by atoms with E-state index in [4.69, 9.17) is 0 Å². The minimum Gasteiger partial charge on any atom is -0.280 e. The summed E-state index contributed by atoms with van der Waals surface area (Å²) in [5.74, 6) is 0.138. The van der Waals surface area contributed by atoms with Crippen LogP contribution in [0.2, 0.25) is 0 Å². The van der Waals surface area contributed by atoms with Gasteiger partial charge in [0.05, 0.1) is 0 Å². The van der Waals surface area contributed by atoms with E-state index in [1.165, 1.54) is 57.8 Å². The van der Waals surface area contributed by atoms with Gasteiger partial charge in [-0.05, 0) is 12.8 Å². The number of unbranched alkanes of at least 4 members (excludes halogenated alkanes) is 9. The van der Waals surface area contributed by atoms with E-state index < -0.39 is 0 Å². The van der Waals surface area contributed by atoms with Crippen LogP contribution in [0.15, 0.2) is 0 Å². The normalized spacial score (nSPS) is 16.3. The van der Waals surface area contributed by atoms with E-state index in [9.17, 15) is 9.59 Å². The minimum absolute atomic E-state index is 0.0690. The van der Waals surface area contributed by atoms with Crippen molar-refractivity contribution in [3.63, 3.8) is 0 Å². The van der Waals surface area contributed by atoms with Gasteiger partial charge in [-0.15, -0.1) is 0 Å². The lowest BCUT2D eigenvalue weighted by atomic mass is 9.99. The second-order valence-electron chi connectivity index (χ2n) is 7.07. The number of likely N-dealkylation sites (tertiary alicyclic amines) is 1. The highest BCUT2D eigenvalue weighted by Crippen LogP contribution is 2.24. The molecule has 1 unspecified atom stereocenters. The van der Waals surface area contributed by atoms with Crippen LogP contribution in [0.5, 0.6) is 0 Å². The zero-order chi connectivity index (χ0) is 16.9. The first-order chi connectivity index (χ1) is 11.2. The van der Waals surface area contributed by atoms with Crippen LogP contribution in [0.4, 0.5) is 0 Å². The van der Waals surface area contributed by atoms with Crippen molar-refractivity contribution in [2.24, 2.45) is 0 Å². The third kappa shape index (κ3) is 7.99. The molecule has 1 rings (SSSR count). The molecule has 0 aromatic carbocycles. The molecule has 23 heavy (non-hydrogen) atoms. The van der Waals surface area contributed by atoms with Gasteiger partial charge in [-0.3, -0.25) is 14.5 Å². The summed E-state index contributed by atoms with van der Waals surface area (Å²) >= 11 is 0. The largest absolute Gasteiger partial charge is 0.280 e. The fourth-order valence-electron chi connectivity index (χ4n) is 3.55. The maximum atomic E-state index is 12.0. The van der Waals surface area contributed by atoms with Crippen LogP contribution in [0, 0.1) is 0 Å². The van der Waals surface area contributed by atoms with Crippen LogP contribution in [0.25, 0.3) is 0 Å². The molecule has 2 amide bonds. The van der Waals surface area contributed by atoms with Gasteiger partial charge in [0.2, 0.25) is 11.8 Å². The Balaban J connectivity index is 2.35. The van der Waals surface area contributed by atoms with Crippen LogP contribution in [-0.4, -0.2) is 22.8 Å². The number of hydrogen-bond acceptors (Lipinski definition) is 2. The molecule has 0 bridgehead atoms. The molecule has 0 saturated carbocycles. The summed E-state index contributed by atoms with van der Waals surface area (Å²) in [4.78, 5) is 25.7. The second-order valence-corrected chi connectivity index (χ2v) is 7.07. The zero-order valence-electron chi connectivity index (χ0n) is 15.4.